The number of benzene rings is 2. The molecule has 0 bridgehead atoms. The first-order chi connectivity index (χ1) is 10.3. The summed E-state index contributed by atoms with van der Waals surface area (Å²) in [5.41, 5.74) is 2.57. The second kappa shape index (κ2) is 8.60. The van der Waals surface area contributed by atoms with Gasteiger partial charge in [-0.25, -0.2) is 0 Å². The van der Waals surface area contributed by atoms with Crippen LogP contribution in [0, 0.1) is 0 Å². The molecule has 0 aliphatic heterocycles. The van der Waals surface area contributed by atoms with Crippen LogP contribution < -0.4 is 5.32 Å². The molecule has 112 valence electrons. The zero-order valence-electron chi connectivity index (χ0n) is 13.0. The molecule has 2 rings (SSSR count). The van der Waals surface area contributed by atoms with E-state index in [4.69, 9.17) is 4.74 Å². The van der Waals surface area contributed by atoms with Crippen LogP contribution in [0.4, 0.5) is 0 Å². The normalized spacial score (nSPS) is 13.8. The molecule has 2 unspecified atom stereocenters. The number of nitrogens with one attached hydrogen (secondary N) is 1. The van der Waals surface area contributed by atoms with Crippen molar-refractivity contribution in [2.24, 2.45) is 0 Å². The standard InChI is InChI=1S/C19H25NO/c1-3-20-18(15-16-11-7-5-8-12-16)19(21-4-2)17-13-9-6-10-14-17/h5-14,18-20H,3-4,15H2,1-2H3. The van der Waals surface area contributed by atoms with Crippen molar-refractivity contribution in [2.75, 3.05) is 13.2 Å². The molecule has 0 saturated carbocycles. The van der Waals surface area contributed by atoms with Crippen LogP contribution in [0.3, 0.4) is 0 Å². The van der Waals surface area contributed by atoms with E-state index in [2.05, 4.69) is 73.8 Å². The van der Waals surface area contributed by atoms with Crippen LogP contribution in [0.5, 0.6) is 0 Å². The van der Waals surface area contributed by atoms with Gasteiger partial charge in [0, 0.05) is 12.6 Å². The highest BCUT2D eigenvalue weighted by Crippen LogP contribution is 2.24. The Hall–Kier alpha value is -1.64. The molecule has 0 aromatic heterocycles. The summed E-state index contributed by atoms with van der Waals surface area (Å²) in [6, 6.07) is 21.4. The van der Waals surface area contributed by atoms with Gasteiger partial charge in [-0.15, -0.1) is 0 Å². The lowest BCUT2D eigenvalue weighted by molar-refractivity contribution is 0.0336. The maximum absolute atomic E-state index is 6.05. The summed E-state index contributed by atoms with van der Waals surface area (Å²) in [7, 11) is 0. The van der Waals surface area contributed by atoms with Gasteiger partial charge in [-0.2, -0.15) is 0 Å². The van der Waals surface area contributed by atoms with Crippen molar-refractivity contribution in [3.05, 3.63) is 71.8 Å². The number of hydrogen-bond acceptors (Lipinski definition) is 2. The molecule has 2 aromatic carbocycles. The maximum Gasteiger partial charge on any atom is 0.0980 e. The Balaban J connectivity index is 2.20. The van der Waals surface area contributed by atoms with E-state index in [0.717, 1.165) is 19.6 Å². The van der Waals surface area contributed by atoms with Crippen LogP contribution >= 0.6 is 0 Å². The maximum atomic E-state index is 6.05. The van der Waals surface area contributed by atoms with Crippen LogP contribution in [-0.4, -0.2) is 19.2 Å². The molecule has 1 N–H and O–H groups in total. The van der Waals surface area contributed by atoms with E-state index >= 15 is 0 Å². The average molecular weight is 283 g/mol. The molecule has 2 nitrogen and oxygen atoms in total. The molecule has 0 amide bonds. The molecule has 0 spiro atoms. The Labute approximate surface area is 128 Å². The predicted octanol–water partition coefficient (Wildman–Crippen LogP) is 3.99. The van der Waals surface area contributed by atoms with Crippen molar-refractivity contribution >= 4 is 0 Å². The van der Waals surface area contributed by atoms with Gasteiger partial charge in [0.2, 0.25) is 0 Å². The van der Waals surface area contributed by atoms with Gasteiger partial charge in [0.15, 0.2) is 0 Å². The minimum Gasteiger partial charge on any atom is -0.372 e. The summed E-state index contributed by atoms with van der Waals surface area (Å²) in [6.07, 6.45) is 1.05. The monoisotopic (exact) mass is 283 g/mol. The molecule has 21 heavy (non-hydrogen) atoms. The van der Waals surface area contributed by atoms with Gasteiger partial charge in [0.05, 0.1) is 6.10 Å². The molecular weight excluding hydrogens is 258 g/mol. The van der Waals surface area contributed by atoms with Crippen molar-refractivity contribution < 1.29 is 4.74 Å². The third-order valence-electron chi connectivity index (χ3n) is 3.60. The summed E-state index contributed by atoms with van der Waals surface area (Å²) < 4.78 is 6.05. The van der Waals surface area contributed by atoms with Crippen LogP contribution in [0.1, 0.15) is 31.1 Å². The minimum absolute atomic E-state index is 0.0800. The van der Waals surface area contributed by atoms with E-state index in [1.807, 2.05) is 6.07 Å². The quantitative estimate of drug-likeness (QED) is 0.791. The summed E-state index contributed by atoms with van der Waals surface area (Å²) in [5.74, 6) is 0. The fourth-order valence-corrected chi connectivity index (χ4v) is 2.68. The fourth-order valence-electron chi connectivity index (χ4n) is 2.68. The van der Waals surface area contributed by atoms with E-state index in [1.54, 1.807) is 0 Å². The third-order valence-corrected chi connectivity index (χ3v) is 3.60. The highest BCUT2D eigenvalue weighted by molar-refractivity contribution is 5.22. The SMILES string of the molecule is CCNC(Cc1ccccc1)C(OCC)c1ccccc1. The third kappa shape index (κ3) is 4.69. The van der Waals surface area contributed by atoms with Gasteiger partial charge in [-0.1, -0.05) is 67.6 Å². The lowest BCUT2D eigenvalue weighted by atomic mass is 9.96. The fraction of sp³-hybridized carbons (Fsp3) is 0.368. The summed E-state index contributed by atoms with van der Waals surface area (Å²) in [5, 5.41) is 3.59. The van der Waals surface area contributed by atoms with Crippen molar-refractivity contribution in [3.63, 3.8) is 0 Å². The molecule has 0 aliphatic carbocycles. The van der Waals surface area contributed by atoms with Crippen molar-refractivity contribution in [3.8, 4) is 0 Å². The first-order valence-electron chi connectivity index (χ1n) is 7.79. The smallest absolute Gasteiger partial charge is 0.0980 e. The Kier molecular flexibility index (Phi) is 6.45. The number of likely N-dealkylation sites (N-methyl/N-ethyl adjacent to an activating group) is 1. The number of hydrogen-bond donors (Lipinski definition) is 1. The van der Waals surface area contributed by atoms with Gasteiger partial charge in [-0.3, -0.25) is 0 Å². The van der Waals surface area contributed by atoms with Gasteiger partial charge in [-0.05, 0) is 31.0 Å². The lowest BCUT2D eigenvalue weighted by Gasteiger charge is -2.28. The second-order valence-corrected chi connectivity index (χ2v) is 5.14. The topological polar surface area (TPSA) is 21.3 Å². The van der Waals surface area contributed by atoms with E-state index in [9.17, 15) is 0 Å². The van der Waals surface area contributed by atoms with Gasteiger partial charge < -0.3 is 10.1 Å². The molecule has 0 heterocycles. The molecule has 0 fully saturated rings. The summed E-state index contributed by atoms with van der Waals surface area (Å²) in [6.45, 7) is 5.86. The predicted molar refractivity (Wildman–Crippen MR) is 88.4 cm³/mol. The van der Waals surface area contributed by atoms with Crippen LogP contribution in [0.2, 0.25) is 0 Å². The zero-order chi connectivity index (χ0) is 14.9. The molecule has 2 atom stereocenters. The van der Waals surface area contributed by atoms with Gasteiger partial charge >= 0.3 is 0 Å². The van der Waals surface area contributed by atoms with Crippen molar-refractivity contribution in [1.82, 2.24) is 5.32 Å². The largest absolute Gasteiger partial charge is 0.372 e. The van der Waals surface area contributed by atoms with Gasteiger partial charge in [0.1, 0.15) is 0 Å². The summed E-state index contributed by atoms with van der Waals surface area (Å²) >= 11 is 0. The van der Waals surface area contributed by atoms with E-state index in [0.29, 0.717) is 0 Å². The Morgan fingerprint density at radius 3 is 2.10 bits per heavy atom. The number of rotatable bonds is 8. The lowest BCUT2D eigenvalue weighted by Crippen LogP contribution is -2.38. The van der Waals surface area contributed by atoms with E-state index < -0.39 is 0 Å². The first-order valence-corrected chi connectivity index (χ1v) is 7.79. The van der Waals surface area contributed by atoms with Crippen LogP contribution in [0.15, 0.2) is 60.7 Å². The molecule has 2 aromatic rings. The van der Waals surface area contributed by atoms with Gasteiger partial charge in [0.25, 0.3) is 0 Å². The molecule has 2 heteroatoms. The molecular formula is C19H25NO. The zero-order valence-corrected chi connectivity index (χ0v) is 13.0. The molecule has 0 saturated heterocycles. The molecule has 0 aliphatic rings. The van der Waals surface area contributed by atoms with Crippen molar-refractivity contribution in [2.45, 2.75) is 32.4 Å². The van der Waals surface area contributed by atoms with E-state index in [1.165, 1.54) is 11.1 Å². The number of ether oxygens (including phenoxy) is 1. The minimum atomic E-state index is 0.0800. The second-order valence-electron chi connectivity index (χ2n) is 5.14. The Bertz CT molecular complexity index is 497. The Morgan fingerprint density at radius 1 is 0.905 bits per heavy atom. The van der Waals surface area contributed by atoms with Crippen LogP contribution in [-0.2, 0) is 11.2 Å². The summed E-state index contributed by atoms with van der Waals surface area (Å²) in [4.78, 5) is 0. The van der Waals surface area contributed by atoms with E-state index in [-0.39, 0.29) is 12.1 Å². The Morgan fingerprint density at radius 2 is 1.52 bits per heavy atom. The first kappa shape index (κ1) is 15.7. The average Bonchev–Trinajstić information content (AvgIpc) is 2.54. The molecule has 0 radical (unpaired) electrons. The highest BCUT2D eigenvalue weighted by Gasteiger charge is 2.23. The van der Waals surface area contributed by atoms with Crippen LogP contribution in [0.25, 0.3) is 0 Å². The highest BCUT2D eigenvalue weighted by atomic mass is 16.5. The van der Waals surface area contributed by atoms with Crippen molar-refractivity contribution in [1.29, 1.82) is 0 Å².